The average Bonchev–Trinajstić information content (AvgIpc) is 3.24. The van der Waals surface area contributed by atoms with Crippen molar-refractivity contribution in [2.24, 2.45) is 0 Å². The van der Waals surface area contributed by atoms with Crippen molar-refractivity contribution in [2.45, 2.75) is 24.7 Å². The summed E-state index contributed by atoms with van der Waals surface area (Å²) in [6.45, 7) is 3.84. The molecule has 156 valence electrons. The topological polar surface area (TPSA) is 88.3 Å². The van der Waals surface area contributed by atoms with Crippen molar-refractivity contribution >= 4 is 29.3 Å². The lowest BCUT2D eigenvalue weighted by Gasteiger charge is -2.18. The van der Waals surface area contributed by atoms with Gasteiger partial charge in [-0.1, -0.05) is 43.3 Å². The average molecular weight is 425 g/mol. The molecule has 0 atom stereocenters. The Balaban J connectivity index is 1.75. The van der Waals surface area contributed by atoms with Crippen LogP contribution in [0.2, 0.25) is 0 Å². The van der Waals surface area contributed by atoms with Gasteiger partial charge in [-0.3, -0.25) is 9.59 Å². The highest BCUT2D eigenvalue weighted by Gasteiger charge is 2.22. The Morgan fingerprint density at radius 3 is 2.53 bits per heavy atom. The molecule has 0 fully saturated rings. The molecule has 0 spiro atoms. The Labute approximate surface area is 179 Å². The Kier molecular flexibility index (Phi) is 6.89. The van der Waals surface area contributed by atoms with Crippen molar-refractivity contribution in [3.05, 3.63) is 59.9 Å². The molecule has 0 bridgehead atoms. The van der Waals surface area contributed by atoms with Gasteiger partial charge in [0.1, 0.15) is 0 Å². The number of rotatable bonds is 7. The summed E-state index contributed by atoms with van der Waals surface area (Å²) in [5, 5.41) is 6.84. The lowest BCUT2D eigenvalue weighted by Crippen LogP contribution is -2.35. The molecule has 3 aromatic rings. The molecule has 1 N–H and O–H groups in total. The summed E-state index contributed by atoms with van der Waals surface area (Å²) < 4.78 is 5.35. The normalized spacial score (nSPS) is 10.8. The van der Waals surface area contributed by atoms with Crippen molar-refractivity contribution in [2.75, 3.05) is 25.2 Å². The minimum Gasteiger partial charge on any atom is -0.334 e. The highest BCUT2D eigenvalue weighted by Crippen LogP contribution is 2.26. The quantitative estimate of drug-likeness (QED) is 0.569. The summed E-state index contributed by atoms with van der Waals surface area (Å²) in [5.41, 5.74) is 1.67. The second-order valence-electron chi connectivity index (χ2n) is 7.07. The van der Waals surface area contributed by atoms with E-state index in [1.807, 2.05) is 44.4 Å². The van der Waals surface area contributed by atoms with Crippen LogP contribution in [0.1, 0.15) is 35.9 Å². The molecule has 1 aromatic heterocycles. The first kappa shape index (κ1) is 21.6. The van der Waals surface area contributed by atoms with Gasteiger partial charge in [-0.15, -0.1) is 11.8 Å². The zero-order valence-corrected chi connectivity index (χ0v) is 18.2. The summed E-state index contributed by atoms with van der Waals surface area (Å²) in [6.07, 6.45) is 1.94. The molecule has 30 heavy (non-hydrogen) atoms. The standard InChI is InChI=1S/C22H24N4O3S/c1-14(2)20-24-21(29-25-20)15-9-5-6-10-16(15)22(28)26(3)13-19(27)23-17-11-7-8-12-18(17)30-4/h5-12,14H,13H2,1-4H3,(H,23,27). The predicted octanol–water partition coefficient (Wildman–Crippen LogP) is 4.29. The first-order chi connectivity index (χ1) is 14.4. The first-order valence-electron chi connectivity index (χ1n) is 9.52. The van der Waals surface area contributed by atoms with Crippen molar-refractivity contribution in [1.29, 1.82) is 0 Å². The highest BCUT2D eigenvalue weighted by atomic mass is 32.2. The van der Waals surface area contributed by atoms with Crippen LogP contribution in [-0.2, 0) is 4.79 Å². The highest BCUT2D eigenvalue weighted by molar-refractivity contribution is 7.98. The molecule has 0 saturated carbocycles. The van der Waals surface area contributed by atoms with Crippen LogP contribution in [0.25, 0.3) is 11.5 Å². The maximum absolute atomic E-state index is 13.0. The largest absolute Gasteiger partial charge is 0.334 e. The number of hydrogen-bond acceptors (Lipinski definition) is 6. The number of carbonyl (C=O) groups excluding carboxylic acids is 2. The van der Waals surface area contributed by atoms with E-state index in [-0.39, 0.29) is 30.2 Å². The fraction of sp³-hybridized carbons (Fsp3) is 0.273. The smallest absolute Gasteiger partial charge is 0.258 e. The SMILES string of the molecule is CSc1ccccc1NC(=O)CN(C)C(=O)c1ccccc1-c1nc(C(C)C)no1. The zero-order chi connectivity index (χ0) is 21.7. The van der Waals surface area contributed by atoms with Crippen LogP contribution in [0.4, 0.5) is 5.69 Å². The summed E-state index contributed by atoms with van der Waals surface area (Å²) in [5.74, 6) is 0.399. The molecule has 0 unspecified atom stereocenters. The fourth-order valence-corrected chi connectivity index (χ4v) is 3.42. The van der Waals surface area contributed by atoms with Crippen LogP contribution in [-0.4, -0.2) is 46.7 Å². The number of likely N-dealkylation sites (N-methyl/N-ethyl adjacent to an activating group) is 1. The lowest BCUT2D eigenvalue weighted by molar-refractivity contribution is -0.116. The van der Waals surface area contributed by atoms with E-state index in [2.05, 4.69) is 15.5 Å². The van der Waals surface area contributed by atoms with Gasteiger partial charge in [0.25, 0.3) is 11.8 Å². The van der Waals surface area contributed by atoms with Crippen LogP contribution in [0.15, 0.2) is 57.9 Å². The molecule has 2 aromatic carbocycles. The minimum atomic E-state index is -0.303. The van der Waals surface area contributed by atoms with E-state index in [4.69, 9.17) is 4.52 Å². The van der Waals surface area contributed by atoms with E-state index < -0.39 is 0 Å². The molecule has 2 amide bonds. The fourth-order valence-electron chi connectivity index (χ4n) is 2.87. The number of thioether (sulfide) groups is 1. The van der Waals surface area contributed by atoms with E-state index in [0.717, 1.165) is 10.6 Å². The maximum Gasteiger partial charge on any atom is 0.258 e. The van der Waals surface area contributed by atoms with Crippen LogP contribution in [0, 0.1) is 0 Å². The van der Waals surface area contributed by atoms with Gasteiger partial charge in [0.2, 0.25) is 5.91 Å². The monoisotopic (exact) mass is 424 g/mol. The summed E-state index contributed by atoms with van der Waals surface area (Å²) >= 11 is 1.54. The number of benzene rings is 2. The van der Waals surface area contributed by atoms with Crippen LogP contribution >= 0.6 is 11.8 Å². The van der Waals surface area contributed by atoms with Crippen LogP contribution < -0.4 is 5.32 Å². The second kappa shape index (κ2) is 9.58. The number of hydrogen-bond donors (Lipinski definition) is 1. The first-order valence-corrected chi connectivity index (χ1v) is 10.7. The van der Waals surface area contributed by atoms with Crippen molar-refractivity contribution < 1.29 is 14.1 Å². The number of anilines is 1. The minimum absolute atomic E-state index is 0.0863. The summed E-state index contributed by atoms with van der Waals surface area (Å²) in [4.78, 5) is 32.3. The van der Waals surface area contributed by atoms with Crippen molar-refractivity contribution in [3.8, 4) is 11.5 Å². The molecule has 0 radical (unpaired) electrons. The van der Waals surface area contributed by atoms with E-state index in [1.54, 1.807) is 43.1 Å². The van der Waals surface area contributed by atoms with Gasteiger partial charge in [0, 0.05) is 17.9 Å². The molecule has 0 aliphatic carbocycles. The van der Waals surface area contributed by atoms with Gasteiger partial charge >= 0.3 is 0 Å². The van der Waals surface area contributed by atoms with Gasteiger partial charge in [-0.2, -0.15) is 4.98 Å². The Morgan fingerprint density at radius 1 is 1.13 bits per heavy atom. The maximum atomic E-state index is 13.0. The molecule has 0 aliphatic heterocycles. The Hall–Kier alpha value is -3.13. The van der Waals surface area contributed by atoms with Gasteiger partial charge in [-0.25, -0.2) is 0 Å². The third kappa shape index (κ3) is 4.88. The predicted molar refractivity (Wildman–Crippen MR) is 118 cm³/mol. The van der Waals surface area contributed by atoms with Gasteiger partial charge in [-0.05, 0) is 30.5 Å². The third-order valence-electron chi connectivity index (χ3n) is 4.45. The Morgan fingerprint density at radius 2 is 1.83 bits per heavy atom. The van der Waals surface area contributed by atoms with Crippen molar-refractivity contribution in [1.82, 2.24) is 15.0 Å². The van der Waals surface area contributed by atoms with E-state index in [1.165, 1.54) is 4.90 Å². The zero-order valence-electron chi connectivity index (χ0n) is 17.4. The number of nitrogens with one attached hydrogen (secondary N) is 1. The van der Waals surface area contributed by atoms with E-state index >= 15 is 0 Å². The molecule has 8 heteroatoms. The molecule has 1 heterocycles. The van der Waals surface area contributed by atoms with Gasteiger partial charge < -0.3 is 14.7 Å². The molecule has 0 saturated heterocycles. The van der Waals surface area contributed by atoms with Crippen molar-refractivity contribution in [3.63, 3.8) is 0 Å². The molecular weight excluding hydrogens is 400 g/mol. The van der Waals surface area contributed by atoms with Gasteiger partial charge in [0.05, 0.1) is 23.4 Å². The van der Waals surface area contributed by atoms with E-state index in [9.17, 15) is 9.59 Å². The molecular formula is C22H24N4O3S. The number of aromatic nitrogens is 2. The number of para-hydroxylation sites is 1. The van der Waals surface area contributed by atoms with E-state index in [0.29, 0.717) is 17.0 Å². The van der Waals surface area contributed by atoms with Crippen LogP contribution in [0.3, 0.4) is 0 Å². The summed E-state index contributed by atoms with van der Waals surface area (Å²) in [6, 6.07) is 14.6. The molecule has 7 nitrogen and oxygen atoms in total. The van der Waals surface area contributed by atoms with Crippen LogP contribution in [0.5, 0.6) is 0 Å². The summed E-state index contributed by atoms with van der Waals surface area (Å²) in [7, 11) is 1.59. The number of amides is 2. The molecule has 0 aliphatic rings. The number of nitrogens with zero attached hydrogens (tertiary/aromatic N) is 3. The lowest BCUT2D eigenvalue weighted by atomic mass is 10.1. The molecule has 3 rings (SSSR count). The van der Waals surface area contributed by atoms with Gasteiger partial charge in [0.15, 0.2) is 5.82 Å². The third-order valence-corrected chi connectivity index (χ3v) is 5.25. The Bertz CT molecular complexity index is 1050. The number of carbonyl (C=O) groups is 2. The second-order valence-corrected chi connectivity index (χ2v) is 7.92.